The first kappa shape index (κ1) is 15.8. The van der Waals surface area contributed by atoms with Crippen LogP contribution >= 0.6 is 0 Å². The van der Waals surface area contributed by atoms with E-state index in [0.29, 0.717) is 0 Å². The molecule has 1 aromatic heterocycles. The number of hydrogen-bond acceptors (Lipinski definition) is 2. The highest BCUT2D eigenvalue weighted by Crippen LogP contribution is 2.13. The minimum atomic E-state index is 0.137. The predicted molar refractivity (Wildman–Crippen MR) is 88.6 cm³/mol. The molecule has 0 bridgehead atoms. The lowest BCUT2D eigenvalue weighted by molar-refractivity contribution is 0.573. The van der Waals surface area contributed by atoms with Crippen LogP contribution in [0.1, 0.15) is 41.9 Å². The van der Waals surface area contributed by atoms with Crippen molar-refractivity contribution in [3.05, 3.63) is 52.3 Å². The topological polar surface area (TPSA) is 43.8 Å². The molecule has 0 saturated carbocycles. The highest BCUT2D eigenvalue weighted by molar-refractivity contribution is 5.29. The third-order valence-electron chi connectivity index (χ3n) is 3.83. The Hall–Kier alpha value is -1.61. The van der Waals surface area contributed by atoms with Gasteiger partial charge in [0.15, 0.2) is 0 Å². The first-order valence-corrected chi connectivity index (χ1v) is 7.90. The molecule has 0 fully saturated rings. The fourth-order valence-electron chi connectivity index (χ4n) is 2.96. The molecule has 0 aliphatic heterocycles. The van der Waals surface area contributed by atoms with Crippen molar-refractivity contribution in [2.24, 2.45) is 5.73 Å². The average Bonchev–Trinajstić information content (AvgIpc) is 2.79. The zero-order valence-corrected chi connectivity index (χ0v) is 13.7. The summed E-state index contributed by atoms with van der Waals surface area (Å²) in [5, 5.41) is 4.60. The molecule has 0 amide bonds. The SMILES string of the molecule is CCc1cc(CC(N)Cc2cc(C)cc(C)c2)n(CC)n1. The predicted octanol–water partition coefficient (Wildman–Crippen LogP) is 3.19. The van der Waals surface area contributed by atoms with E-state index in [1.54, 1.807) is 0 Å². The molecular weight excluding hydrogens is 258 g/mol. The summed E-state index contributed by atoms with van der Waals surface area (Å²) in [7, 11) is 0. The minimum Gasteiger partial charge on any atom is -0.327 e. The van der Waals surface area contributed by atoms with Crippen molar-refractivity contribution in [2.45, 2.75) is 59.5 Å². The molecule has 1 unspecified atom stereocenters. The number of benzene rings is 1. The summed E-state index contributed by atoms with van der Waals surface area (Å²) in [6.45, 7) is 9.46. The summed E-state index contributed by atoms with van der Waals surface area (Å²) in [5.41, 5.74) is 12.7. The van der Waals surface area contributed by atoms with Crippen molar-refractivity contribution in [3.8, 4) is 0 Å². The van der Waals surface area contributed by atoms with Gasteiger partial charge in [0.2, 0.25) is 0 Å². The Bertz CT molecular complexity index is 578. The van der Waals surface area contributed by atoms with E-state index >= 15 is 0 Å². The van der Waals surface area contributed by atoms with Crippen molar-refractivity contribution < 1.29 is 0 Å². The molecule has 21 heavy (non-hydrogen) atoms. The number of hydrogen-bond donors (Lipinski definition) is 1. The molecule has 1 aromatic carbocycles. The van der Waals surface area contributed by atoms with Crippen molar-refractivity contribution in [1.82, 2.24) is 9.78 Å². The fourth-order valence-corrected chi connectivity index (χ4v) is 2.96. The van der Waals surface area contributed by atoms with Crippen molar-refractivity contribution in [1.29, 1.82) is 0 Å². The van der Waals surface area contributed by atoms with E-state index in [1.165, 1.54) is 22.4 Å². The highest BCUT2D eigenvalue weighted by Gasteiger charge is 2.11. The monoisotopic (exact) mass is 285 g/mol. The maximum absolute atomic E-state index is 6.37. The molecule has 1 heterocycles. The molecule has 0 saturated heterocycles. The van der Waals surface area contributed by atoms with E-state index in [1.807, 2.05) is 0 Å². The largest absolute Gasteiger partial charge is 0.327 e. The van der Waals surface area contributed by atoms with Crippen LogP contribution in [0.4, 0.5) is 0 Å². The van der Waals surface area contributed by atoms with Gasteiger partial charge in [-0.15, -0.1) is 0 Å². The number of nitrogens with zero attached hydrogens (tertiary/aromatic N) is 2. The van der Waals surface area contributed by atoms with Crippen LogP contribution in [0.5, 0.6) is 0 Å². The van der Waals surface area contributed by atoms with Crippen LogP contribution in [0.25, 0.3) is 0 Å². The molecule has 0 radical (unpaired) electrons. The molecule has 114 valence electrons. The van der Waals surface area contributed by atoms with Gasteiger partial charge in [-0.1, -0.05) is 36.2 Å². The van der Waals surface area contributed by atoms with E-state index in [0.717, 1.165) is 31.5 Å². The third kappa shape index (κ3) is 4.18. The van der Waals surface area contributed by atoms with Gasteiger partial charge in [-0.2, -0.15) is 5.10 Å². The molecule has 2 rings (SSSR count). The van der Waals surface area contributed by atoms with E-state index < -0.39 is 0 Å². The minimum absolute atomic E-state index is 0.137. The maximum atomic E-state index is 6.37. The quantitative estimate of drug-likeness (QED) is 0.886. The smallest absolute Gasteiger partial charge is 0.0624 e. The van der Waals surface area contributed by atoms with Gasteiger partial charge >= 0.3 is 0 Å². The van der Waals surface area contributed by atoms with Crippen molar-refractivity contribution in [2.75, 3.05) is 0 Å². The molecule has 0 aliphatic carbocycles. The second-order valence-electron chi connectivity index (χ2n) is 5.96. The number of nitrogens with two attached hydrogens (primary N) is 1. The first-order chi connectivity index (χ1) is 10.0. The molecule has 0 spiro atoms. The van der Waals surface area contributed by atoms with Crippen LogP contribution in [0, 0.1) is 13.8 Å². The summed E-state index contributed by atoms with van der Waals surface area (Å²) in [4.78, 5) is 0. The Kier molecular flexibility index (Phi) is 5.18. The van der Waals surface area contributed by atoms with Gasteiger partial charge in [-0.05, 0) is 45.2 Å². The summed E-state index contributed by atoms with van der Waals surface area (Å²) in [6.07, 6.45) is 2.78. The van der Waals surface area contributed by atoms with E-state index in [-0.39, 0.29) is 6.04 Å². The fraction of sp³-hybridized carbons (Fsp3) is 0.500. The zero-order chi connectivity index (χ0) is 15.4. The molecule has 3 nitrogen and oxygen atoms in total. The molecule has 3 heteroatoms. The molecule has 1 atom stereocenters. The number of rotatable bonds is 6. The van der Waals surface area contributed by atoms with Gasteiger partial charge in [0, 0.05) is 24.7 Å². The Balaban J connectivity index is 2.07. The van der Waals surface area contributed by atoms with Gasteiger partial charge in [0.05, 0.1) is 5.69 Å². The normalized spacial score (nSPS) is 12.6. The Morgan fingerprint density at radius 3 is 2.29 bits per heavy atom. The molecular formula is C18H27N3. The van der Waals surface area contributed by atoms with Gasteiger partial charge < -0.3 is 5.73 Å². The van der Waals surface area contributed by atoms with Crippen LogP contribution in [0.3, 0.4) is 0 Å². The lowest BCUT2D eigenvalue weighted by Gasteiger charge is -2.13. The lowest BCUT2D eigenvalue weighted by atomic mass is 9.99. The van der Waals surface area contributed by atoms with Gasteiger partial charge in [0.25, 0.3) is 0 Å². The van der Waals surface area contributed by atoms with Crippen LogP contribution in [0.15, 0.2) is 24.3 Å². The van der Waals surface area contributed by atoms with Crippen LogP contribution in [-0.4, -0.2) is 15.8 Å². The summed E-state index contributed by atoms with van der Waals surface area (Å²) < 4.78 is 2.08. The van der Waals surface area contributed by atoms with Crippen LogP contribution in [0.2, 0.25) is 0 Å². The zero-order valence-electron chi connectivity index (χ0n) is 13.7. The second-order valence-corrected chi connectivity index (χ2v) is 5.96. The molecule has 0 aliphatic rings. The molecule has 2 N–H and O–H groups in total. The Morgan fingerprint density at radius 2 is 1.71 bits per heavy atom. The van der Waals surface area contributed by atoms with Crippen LogP contribution in [-0.2, 0) is 25.8 Å². The van der Waals surface area contributed by atoms with Crippen molar-refractivity contribution >= 4 is 0 Å². The second kappa shape index (κ2) is 6.90. The lowest BCUT2D eigenvalue weighted by Crippen LogP contribution is -2.27. The summed E-state index contributed by atoms with van der Waals surface area (Å²) >= 11 is 0. The standard InChI is InChI=1S/C18H27N3/c1-5-17-12-18(21(6-2)20-17)11-16(19)10-15-8-13(3)7-14(4)9-15/h7-9,12,16H,5-6,10-11,19H2,1-4H3. The Labute approximate surface area is 128 Å². The van der Waals surface area contributed by atoms with Gasteiger partial charge in [-0.3, -0.25) is 4.68 Å². The summed E-state index contributed by atoms with van der Waals surface area (Å²) in [6, 6.07) is 9.01. The van der Waals surface area contributed by atoms with E-state index in [4.69, 9.17) is 5.73 Å². The van der Waals surface area contributed by atoms with Crippen molar-refractivity contribution in [3.63, 3.8) is 0 Å². The Morgan fingerprint density at radius 1 is 1.05 bits per heavy atom. The van der Waals surface area contributed by atoms with Gasteiger partial charge in [-0.25, -0.2) is 0 Å². The number of aryl methyl sites for hydroxylation is 4. The maximum Gasteiger partial charge on any atom is 0.0624 e. The average molecular weight is 285 g/mol. The summed E-state index contributed by atoms with van der Waals surface area (Å²) in [5.74, 6) is 0. The molecule has 2 aromatic rings. The van der Waals surface area contributed by atoms with E-state index in [9.17, 15) is 0 Å². The highest BCUT2D eigenvalue weighted by atomic mass is 15.3. The van der Waals surface area contributed by atoms with Crippen LogP contribution < -0.4 is 5.73 Å². The number of aromatic nitrogens is 2. The third-order valence-corrected chi connectivity index (χ3v) is 3.83. The van der Waals surface area contributed by atoms with E-state index in [2.05, 4.69) is 61.7 Å². The van der Waals surface area contributed by atoms with Gasteiger partial charge in [0.1, 0.15) is 0 Å². The first-order valence-electron chi connectivity index (χ1n) is 7.90.